The zero-order valence-electron chi connectivity index (χ0n) is 15.3. The van der Waals surface area contributed by atoms with Gasteiger partial charge in [-0.25, -0.2) is 9.78 Å². The van der Waals surface area contributed by atoms with Crippen LogP contribution in [-0.4, -0.2) is 41.0 Å². The van der Waals surface area contributed by atoms with Gasteiger partial charge in [0.2, 0.25) is 5.89 Å². The number of benzene rings is 1. The summed E-state index contributed by atoms with van der Waals surface area (Å²) in [7, 11) is 0. The van der Waals surface area contributed by atoms with Crippen LogP contribution in [0.25, 0.3) is 17.2 Å². The van der Waals surface area contributed by atoms with Crippen LogP contribution in [0.1, 0.15) is 44.4 Å². The minimum absolute atomic E-state index is 0.0878. The standard InChI is InChI=1S/C21H24N2O4/c24-20(23-13-5-7-15-6-1-3-9-17(15)23)14-26-21(25)12-11-19-22-16-8-2-4-10-18(16)27-19/h2,4,8,10-12,15,17H,1,3,5-7,9,13-14H2/b12-11+/t15-,17+/m0/s1. The van der Waals surface area contributed by atoms with Crippen molar-refractivity contribution >= 4 is 29.1 Å². The van der Waals surface area contributed by atoms with Gasteiger partial charge < -0.3 is 14.1 Å². The van der Waals surface area contributed by atoms with Crippen LogP contribution in [-0.2, 0) is 14.3 Å². The summed E-state index contributed by atoms with van der Waals surface area (Å²) in [6.45, 7) is 0.566. The van der Waals surface area contributed by atoms with E-state index in [9.17, 15) is 9.59 Å². The monoisotopic (exact) mass is 368 g/mol. The van der Waals surface area contributed by atoms with Crippen LogP contribution in [0.2, 0.25) is 0 Å². The minimum atomic E-state index is -0.567. The van der Waals surface area contributed by atoms with Gasteiger partial charge >= 0.3 is 5.97 Å². The van der Waals surface area contributed by atoms with Crippen LogP contribution in [0, 0.1) is 5.92 Å². The molecule has 0 unspecified atom stereocenters. The first kappa shape index (κ1) is 17.8. The van der Waals surface area contributed by atoms with Gasteiger partial charge in [0, 0.05) is 24.7 Å². The molecule has 2 aromatic rings. The van der Waals surface area contributed by atoms with Gasteiger partial charge in [-0.15, -0.1) is 0 Å². The Kier molecular flexibility index (Phi) is 5.23. The molecule has 1 saturated heterocycles. The number of para-hydroxylation sites is 2. The van der Waals surface area contributed by atoms with Crippen molar-refractivity contribution < 1.29 is 18.7 Å². The Morgan fingerprint density at radius 2 is 2.00 bits per heavy atom. The highest BCUT2D eigenvalue weighted by atomic mass is 16.5. The molecule has 0 N–H and O–H groups in total. The Hall–Kier alpha value is -2.63. The maximum Gasteiger partial charge on any atom is 0.331 e. The van der Waals surface area contributed by atoms with Crippen molar-refractivity contribution in [1.29, 1.82) is 0 Å². The van der Waals surface area contributed by atoms with Gasteiger partial charge in [0.1, 0.15) is 5.52 Å². The van der Waals surface area contributed by atoms with Crippen molar-refractivity contribution in [3.63, 3.8) is 0 Å². The third-order valence-electron chi connectivity index (χ3n) is 5.57. The molecule has 1 amide bonds. The lowest BCUT2D eigenvalue weighted by Crippen LogP contribution is -2.50. The van der Waals surface area contributed by atoms with Crippen LogP contribution >= 0.6 is 0 Å². The molecule has 6 heteroatoms. The number of oxazole rings is 1. The van der Waals surface area contributed by atoms with Gasteiger partial charge in [0.25, 0.3) is 5.91 Å². The van der Waals surface area contributed by atoms with Gasteiger partial charge in [-0.1, -0.05) is 25.0 Å². The molecular weight excluding hydrogens is 344 g/mol. The van der Waals surface area contributed by atoms with E-state index in [4.69, 9.17) is 9.15 Å². The predicted molar refractivity (Wildman–Crippen MR) is 101 cm³/mol. The van der Waals surface area contributed by atoms with Crippen molar-refractivity contribution in [2.24, 2.45) is 5.92 Å². The number of rotatable bonds is 4. The second kappa shape index (κ2) is 7.94. The smallest absolute Gasteiger partial charge is 0.331 e. The summed E-state index contributed by atoms with van der Waals surface area (Å²) in [6.07, 6.45) is 9.68. The van der Waals surface area contributed by atoms with Crippen molar-refractivity contribution in [3.05, 3.63) is 36.2 Å². The largest absolute Gasteiger partial charge is 0.452 e. The highest BCUT2D eigenvalue weighted by Crippen LogP contribution is 2.35. The number of carbonyl (C=O) groups is 2. The Morgan fingerprint density at radius 3 is 2.89 bits per heavy atom. The lowest BCUT2D eigenvalue weighted by molar-refractivity contribution is -0.151. The topological polar surface area (TPSA) is 72.6 Å². The summed E-state index contributed by atoms with van der Waals surface area (Å²) < 4.78 is 10.7. The first-order chi connectivity index (χ1) is 13.2. The molecule has 1 saturated carbocycles. The molecule has 1 aliphatic carbocycles. The van der Waals surface area contributed by atoms with E-state index in [1.54, 1.807) is 0 Å². The van der Waals surface area contributed by atoms with Crippen LogP contribution < -0.4 is 0 Å². The van der Waals surface area contributed by atoms with Crippen LogP contribution in [0.4, 0.5) is 0 Å². The molecule has 1 aliphatic heterocycles. The Balaban J connectivity index is 1.31. The average molecular weight is 368 g/mol. The van der Waals surface area contributed by atoms with E-state index in [1.807, 2.05) is 29.2 Å². The molecule has 2 heterocycles. The average Bonchev–Trinajstić information content (AvgIpc) is 3.13. The van der Waals surface area contributed by atoms with Gasteiger partial charge in [-0.2, -0.15) is 0 Å². The zero-order valence-corrected chi connectivity index (χ0v) is 15.3. The predicted octanol–water partition coefficient (Wildman–Crippen LogP) is 3.57. The quantitative estimate of drug-likeness (QED) is 0.609. The fourth-order valence-electron chi connectivity index (χ4n) is 4.30. The number of hydrogen-bond donors (Lipinski definition) is 0. The van der Waals surface area contributed by atoms with E-state index in [0.717, 1.165) is 24.9 Å². The van der Waals surface area contributed by atoms with Crippen molar-refractivity contribution in [2.45, 2.75) is 44.6 Å². The molecule has 1 aromatic heterocycles. The maximum absolute atomic E-state index is 12.5. The molecule has 2 atom stereocenters. The fraction of sp³-hybridized carbons (Fsp3) is 0.476. The lowest BCUT2D eigenvalue weighted by Gasteiger charge is -2.44. The summed E-state index contributed by atoms with van der Waals surface area (Å²) in [5.41, 5.74) is 1.39. The highest BCUT2D eigenvalue weighted by molar-refractivity contribution is 5.89. The van der Waals surface area contributed by atoms with Gasteiger partial charge in [-0.05, 0) is 43.7 Å². The van der Waals surface area contributed by atoms with Crippen molar-refractivity contribution in [3.8, 4) is 0 Å². The number of likely N-dealkylation sites (tertiary alicyclic amines) is 1. The minimum Gasteiger partial charge on any atom is -0.452 e. The Morgan fingerprint density at radius 1 is 1.19 bits per heavy atom. The summed E-state index contributed by atoms with van der Waals surface area (Å²) in [5, 5.41) is 0. The molecule has 0 spiro atoms. The molecule has 6 nitrogen and oxygen atoms in total. The van der Waals surface area contributed by atoms with E-state index >= 15 is 0 Å². The second-order valence-corrected chi connectivity index (χ2v) is 7.30. The summed E-state index contributed by atoms with van der Waals surface area (Å²) in [6, 6.07) is 7.71. The Bertz CT molecular complexity index is 822. The number of piperidine rings is 1. The molecule has 142 valence electrons. The van der Waals surface area contributed by atoms with E-state index in [-0.39, 0.29) is 12.5 Å². The number of hydrogen-bond acceptors (Lipinski definition) is 5. The molecule has 0 radical (unpaired) electrons. The number of aromatic nitrogens is 1. The van der Waals surface area contributed by atoms with Crippen LogP contribution in [0.3, 0.4) is 0 Å². The van der Waals surface area contributed by atoms with Crippen LogP contribution in [0.5, 0.6) is 0 Å². The normalized spacial score (nSPS) is 22.7. The molecule has 27 heavy (non-hydrogen) atoms. The lowest BCUT2D eigenvalue weighted by atomic mass is 9.78. The zero-order chi connectivity index (χ0) is 18.6. The van der Waals surface area contributed by atoms with Gasteiger partial charge in [0.15, 0.2) is 12.2 Å². The van der Waals surface area contributed by atoms with Crippen molar-refractivity contribution in [1.82, 2.24) is 9.88 Å². The van der Waals surface area contributed by atoms with Crippen molar-refractivity contribution in [2.75, 3.05) is 13.2 Å². The number of ether oxygens (including phenoxy) is 1. The number of fused-ring (bicyclic) bond motifs is 2. The number of carbonyl (C=O) groups excluding carboxylic acids is 2. The molecule has 1 aromatic carbocycles. The van der Waals surface area contributed by atoms with E-state index < -0.39 is 5.97 Å². The van der Waals surface area contributed by atoms with E-state index in [0.29, 0.717) is 23.4 Å². The highest BCUT2D eigenvalue weighted by Gasteiger charge is 2.35. The molecule has 0 bridgehead atoms. The molecule has 2 aliphatic rings. The van der Waals surface area contributed by atoms with Crippen LogP contribution in [0.15, 0.2) is 34.8 Å². The van der Waals surface area contributed by atoms with Gasteiger partial charge in [-0.3, -0.25) is 4.79 Å². The maximum atomic E-state index is 12.5. The first-order valence-electron chi connectivity index (χ1n) is 9.70. The first-order valence-corrected chi connectivity index (χ1v) is 9.70. The summed E-state index contributed by atoms with van der Waals surface area (Å²) >= 11 is 0. The molecule has 2 fully saturated rings. The third kappa shape index (κ3) is 4.04. The summed E-state index contributed by atoms with van der Waals surface area (Å²) in [5.74, 6) is 0.296. The second-order valence-electron chi connectivity index (χ2n) is 7.30. The fourth-order valence-corrected chi connectivity index (χ4v) is 4.30. The summed E-state index contributed by atoms with van der Waals surface area (Å²) in [4.78, 5) is 30.7. The number of esters is 1. The SMILES string of the molecule is O=C(/C=C/c1nc2ccccc2o1)OCC(=O)N1CCC[C@@H]2CCCC[C@H]21. The molecular formula is C21H24N2O4. The molecule has 4 rings (SSSR count). The third-order valence-corrected chi connectivity index (χ3v) is 5.57. The Labute approximate surface area is 158 Å². The van der Waals surface area contributed by atoms with Gasteiger partial charge in [0.05, 0.1) is 0 Å². The number of amides is 1. The van der Waals surface area contributed by atoms with E-state index in [2.05, 4.69) is 4.98 Å². The van der Waals surface area contributed by atoms with E-state index in [1.165, 1.54) is 37.8 Å². The number of nitrogens with zero attached hydrogens (tertiary/aromatic N) is 2.